The first-order valence-corrected chi connectivity index (χ1v) is 9.50. The average molecular weight is 390 g/mol. The summed E-state index contributed by atoms with van der Waals surface area (Å²) in [6, 6.07) is 18.3. The van der Waals surface area contributed by atoms with E-state index in [1.807, 2.05) is 41.1 Å². The van der Waals surface area contributed by atoms with Crippen LogP contribution < -0.4 is 0 Å². The van der Waals surface area contributed by atoms with Crippen LogP contribution in [-0.4, -0.2) is 31.1 Å². The number of fused-ring (bicyclic) bond motifs is 4. The summed E-state index contributed by atoms with van der Waals surface area (Å²) in [5.74, 6) is 0.338. The zero-order chi connectivity index (χ0) is 20.2. The number of H-pyrrole nitrogens is 1. The predicted octanol–water partition coefficient (Wildman–Crippen LogP) is 4.19. The number of ketones is 2. The molecular formula is C24H14N4O2. The van der Waals surface area contributed by atoms with Gasteiger partial charge in [0.25, 0.3) is 0 Å². The van der Waals surface area contributed by atoms with E-state index in [1.165, 1.54) is 0 Å². The third kappa shape index (κ3) is 2.31. The minimum Gasteiger partial charge on any atom is -0.338 e. The van der Waals surface area contributed by atoms with Gasteiger partial charge in [0.1, 0.15) is 11.3 Å². The molecule has 0 unspecified atom stereocenters. The summed E-state index contributed by atoms with van der Waals surface area (Å²) in [5.41, 5.74) is 4.77. The molecule has 6 rings (SSSR count). The molecule has 1 N–H and O–H groups in total. The Labute approximate surface area is 170 Å². The van der Waals surface area contributed by atoms with Gasteiger partial charge >= 0.3 is 0 Å². The van der Waals surface area contributed by atoms with Gasteiger partial charge in [-0.3, -0.25) is 9.59 Å². The van der Waals surface area contributed by atoms with Crippen molar-refractivity contribution in [1.29, 1.82) is 0 Å². The summed E-state index contributed by atoms with van der Waals surface area (Å²) < 4.78 is 1.92. The molecule has 142 valence electrons. The van der Waals surface area contributed by atoms with Gasteiger partial charge in [-0.2, -0.15) is 0 Å². The van der Waals surface area contributed by atoms with E-state index in [2.05, 4.69) is 9.97 Å². The normalized spacial score (nSPS) is 12.8. The molecule has 3 aromatic carbocycles. The lowest BCUT2D eigenvalue weighted by molar-refractivity contribution is 0.0980. The Balaban J connectivity index is 1.48. The number of rotatable bonds is 2. The molecule has 2 heterocycles. The maximum atomic E-state index is 13.2. The van der Waals surface area contributed by atoms with Gasteiger partial charge in [-0.15, -0.1) is 0 Å². The molecule has 6 nitrogen and oxygen atoms in total. The first kappa shape index (κ1) is 16.6. The van der Waals surface area contributed by atoms with Gasteiger partial charge in [-0.25, -0.2) is 9.97 Å². The number of aromatic amines is 1. The van der Waals surface area contributed by atoms with E-state index in [1.54, 1.807) is 42.9 Å². The highest BCUT2D eigenvalue weighted by Crippen LogP contribution is 2.33. The van der Waals surface area contributed by atoms with Crippen molar-refractivity contribution < 1.29 is 9.59 Å². The molecule has 0 saturated heterocycles. The lowest BCUT2D eigenvalue weighted by Gasteiger charge is -2.17. The minimum absolute atomic E-state index is 0.142. The molecule has 0 amide bonds. The number of carbonyl (C=O) groups is 2. The molecule has 0 fully saturated rings. The van der Waals surface area contributed by atoms with E-state index in [4.69, 9.17) is 4.98 Å². The first-order chi connectivity index (χ1) is 14.7. The highest BCUT2D eigenvalue weighted by atomic mass is 16.1. The second kappa shape index (κ2) is 6.09. The molecule has 5 aromatic rings. The second-order valence-corrected chi connectivity index (χ2v) is 7.19. The third-order valence-corrected chi connectivity index (χ3v) is 5.49. The van der Waals surface area contributed by atoms with Gasteiger partial charge in [-0.1, -0.05) is 24.3 Å². The molecule has 0 radical (unpaired) electrons. The van der Waals surface area contributed by atoms with Crippen molar-refractivity contribution in [3.8, 4) is 17.1 Å². The van der Waals surface area contributed by atoms with Crippen molar-refractivity contribution in [3.63, 3.8) is 0 Å². The van der Waals surface area contributed by atoms with Crippen LogP contribution in [0, 0.1) is 0 Å². The molecule has 0 bridgehead atoms. The Morgan fingerprint density at radius 3 is 2.30 bits per heavy atom. The van der Waals surface area contributed by atoms with Crippen LogP contribution in [0.2, 0.25) is 0 Å². The van der Waals surface area contributed by atoms with Gasteiger partial charge in [0.2, 0.25) is 0 Å². The highest BCUT2D eigenvalue weighted by molar-refractivity contribution is 6.31. The van der Waals surface area contributed by atoms with Crippen LogP contribution in [0.4, 0.5) is 0 Å². The third-order valence-electron chi connectivity index (χ3n) is 5.49. The molecule has 0 spiro atoms. The van der Waals surface area contributed by atoms with Crippen LogP contribution in [0.25, 0.3) is 28.1 Å². The molecule has 0 aliphatic heterocycles. The quantitative estimate of drug-likeness (QED) is 0.481. The number of nitrogens with zero attached hydrogens (tertiary/aromatic N) is 3. The lowest BCUT2D eigenvalue weighted by Crippen LogP contribution is -2.21. The molecule has 6 heteroatoms. The highest BCUT2D eigenvalue weighted by Gasteiger charge is 2.32. The average Bonchev–Trinajstić information content (AvgIpc) is 3.47. The molecule has 1 aliphatic carbocycles. The monoisotopic (exact) mass is 390 g/mol. The van der Waals surface area contributed by atoms with E-state index in [0.717, 1.165) is 16.8 Å². The van der Waals surface area contributed by atoms with Crippen LogP contribution in [0.3, 0.4) is 0 Å². The van der Waals surface area contributed by atoms with Crippen molar-refractivity contribution >= 4 is 22.6 Å². The summed E-state index contributed by atoms with van der Waals surface area (Å²) >= 11 is 0. The fourth-order valence-electron chi connectivity index (χ4n) is 3.99. The van der Waals surface area contributed by atoms with Crippen molar-refractivity contribution in [2.45, 2.75) is 0 Å². The number of imidazole rings is 2. The Morgan fingerprint density at radius 2 is 1.57 bits per heavy atom. The van der Waals surface area contributed by atoms with Gasteiger partial charge in [0.15, 0.2) is 11.6 Å². The Hall–Kier alpha value is -4.32. The fraction of sp³-hybridized carbons (Fsp3) is 0. The van der Waals surface area contributed by atoms with Crippen molar-refractivity contribution in [2.75, 3.05) is 0 Å². The van der Waals surface area contributed by atoms with E-state index >= 15 is 0 Å². The number of hydrogen-bond donors (Lipinski definition) is 1. The van der Waals surface area contributed by atoms with Gasteiger partial charge in [-0.05, 0) is 36.4 Å². The number of benzene rings is 3. The SMILES string of the molecule is O=C1c2ccccc2C(=O)c2c1ccc1[nH]c(-c3ccc(-n4ccnc4)cc3)nc21. The summed E-state index contributed by atoms with van der Waals surface area (Å²) in [7, 11) is 0. The molecular weight excluding hydrogens is 376 g/mol. The van der Waals surface area contributed by atoms with Crippen LogP contribution in [0.15, 0.2) is 79.4 Å². The maximum absolute atomic E-state index is 13.2. The van der Waals surface area contributed by atoms with E-state index in [-0.39, 0.29) is 11.6 Å². The summed E-state index contributed by atoms with van der Waals surface area (Å²) in [6.45, 7) is 0. The smallest absolute Gasteiger partial charge is 0.196 e. The standard InChI is InChI=1S/C24H14N4O2/c29-22-16-3-1-2-4-17(16)23(30)20-18(22)9-10-19-21(20)27-24(26-19)14-5-7-15(8-6-14)28-12-11-25-13-28/h1-13H,(H,26,27). The largest absolute Gasteiger partial charge is 0.338 e. The van der Waals surface area contributed by atoms with E-state index in [0.29, 0.717) is 33.6 Å². The van der Waals surface area contributed by atoms with Gasteiger partial charge in [0, 0.05) is 40.3 Å². The van der Waals surface area contributed by atoms with Crippen molar-refractivity contribution in [3.05, 3.63) is 102 Å². The Kier molecular flexibility index (Phi) is 3.37. The molecule has 2 aromatic heterocycles. The van der Waals surface area contributed by atoms with Crippen LogP contribution in [0.1, 0.15) is 31.8 Å². The lowest BCUT2D eigenvalue weighted by atomic mass is 9.83. The summed E-state index contributed by atoms with van der Waals surface area (Å²) in [4.78, 5) is 38.1. The van der Waals surface area contributed by atoms with Crippen LogP contribution in [0.5, 0.6) is 0 Å². The Bertz CT molecular complexity index is 1460. The Morgan fingerprint density at radius 1 is 0.800 bits per heavy atom. The second-order valence-electron chi connectivity index (χ2n) is 7.19. The van der Waals surface area contributed by atoms with Crippen molar-refractivity contribution in [1.82, 2.24) is 19.5 Å². The number of hydrogen-bond acceptors (Lipinski definition) is 4. The topological polar surface area (TPSA) is 80.6 Å². The molecule has 0 saturated carbocycles. The first-order valence-electron chi connectivity index (χ1n) is 9.50. The maximum Gasteiger partial charge on any atom is 0.196 e. The number of aromatic nitrogens is 4. The summed E-state index contributed by atoms with van der Waals surface area (Å²) in [6.07, 6.45) is 5.35. The van der Waals surface area contributed by atoms with E-state index in [9.17, 15) is 9.59 Å². The van der Waals surface area contributed by atoms with Crippen LogP contribution >= 0.6 is 0 Å². The molecule has 0 atom stereocenters. The van der Waals surface area contributed by atoms with Crippen molar-refractivity contribution in [2.24, 2.45) is 0 Å². The van der Waals surface area contributed by atoms with Gasteiger partial charge in [0.05, 0.1) is 17.4 Å². The van der Waals surface area contributed by atoms with Crippen LogP contribution in [-0.2, 0) is 0 Å². The zero-order valence-corrected chi connectivity index (χ0v) is 15.7. The fourth-order valence-corrected chi connectivity index (χ4v) is 3.99. The minimum atomic E-state index is -0.167. The van der Waals surface area contributed by atoms with E-state index < -0.39 is 0 Å². The zero-order valence-electron chi connectivity index (χ0n) is 15.7. The van der Waals surface area contributed by atoms with Gasteiger partial charge < -0.3 is 9.55 Å². The summed E-state index contributed by atoms with van der Waals surface area (Å²) in [5, 5.41) is 0. The molecule has 1 aliphatic rings. The predicted molar refractivity (Wildman–Crippen MR) is 112 cm³/mol. The number of nitrogens with one attached hydrogen (secondary N) is 1. The number of carbonyl (C=O) groups excluding carboxylic acids is 2. The molecule has 30 heavy (non-hydrogen) atoms.